The van der Waals surface area contributed by atoms with Gasteiger partial charge < -0.3 is 5.32 Å². The third-order valence-corrected chi connectivity index (χ3v) is 6.81. The molecule has 1 N–H and O–H groups in total. The molecular weight excluding hydrogens is 391 g/mol. The zero-order chi connectivity index (χ0) is 20.9. The van der Waals surface area contributed by atoms with Gasteiger partial charge in [-0.05, 0) is 61.2 Å². The van der Waals surface area contributed by atoms with Crippen molar-refractivity contribution in [2.75, 3.05) is 18.4 Å². The number of hydrogen-bond acceptors (Lipinski definition) is 3. The van der Waals surface area contributed by atoms with Crippen LogP contribution in [0.1, 0.15) is 36.8 Å². The molecule has 29 heavy (non-hydrogen) atoms. The molecule has 7 heteroatoms. The topological polar surface area (TPSA) is 66.5 Å². The molecule has 0 atom stereocenters. The molecule has 1 aliphatic rings. The Bertz CT molecular complexity index is 993. The lowest BCUT2D eigenvalue weighted by atomic mass is 10.2. The Hall–Kier alpha value is -2.51. The smallest absolute Gasteiger partial charge is 0.248 e. The first kappa shape index (κ1) is 21.2. The van der Waals surface area contributed by atoms with Crippen LogP contribution in [0.15, 0.2) is 53.4 Å². The Balaban J connectivity index is 1.65. The van der Waals surface area contributed by atoms with Gasteiger partial charge in [0.1, 0.15) is 5.82 Å². The molecule has 154 valence electrons. The molecule has 0 aliphatic carbocycles. The van der Waals surface area contributed by atoms with Crippen LogP contribution in [0.2, 0.25) is 0 Å². The zero-order valence-corrected chi connectivity index (χ0v) is 17.2. The van der Waals surface area contributed by atoms with E-state index in [1.165, 1.54) is 18.2 Å². The summed E-state index contributed by atoms with van der Waals surface area (Å²) in [5.74, 6) is -0.955. The summed E-state index contributed by atoms with van der Waals surface area (Å²) < 4.78 is 40.9. The van der Waals surface area contributed by atoms with Crippen molar-refractivity contribution in [1.29, 1.82) is 0 Å². The van der Waals surface area contributed by atoms with Crippen molar-refractivity contribution >= 4 is 27.7 Å². The fourth-order valence-corrected chi connectivity index (χ4v) is 4.77. The lowest BCUT2D eigenvalue weighted by Crippen LogP contribution is -2.31. The van der Waals surface area contributed by atoms with Crippen LogP contribution < -0.4 is 5.32 Å². The minimum atomic E-state index is -3.49. The summed E-state index contributed by atoms with van der Waals surface area (Å²) in [6.45, 7) is 2.88. The predicted octanol–water partition coefficient (Wildman–Crippen LogP) is 4.35. The Morgan fingerprint density at radius 1 is 1.03 bits per heavy atom. The predicted molar refractivity (Wildman–Crippen MR) is 112 cm³/mol. The standard InChI is InChI=1S/C22H25FN2O3S/c1-17-6-12-21(20(23)16-17)24-22(26)13-9-18-7-10-19(11-8-18)29(27,28)25-14-4-2-3-5-15-25/h6-13,16H,2-5,14-15H2,1H3,(H,24,26)/b13-9+. The third-order valence-electron chi connectivity index (χ3n) is 4.89. The molecule has 1 aliphatic heterocycles. The monoisotopic (exact) mass is 416 g/mol. The molecule has 1 fully saturated rings. The number of aryl methyl sites for hydroxylation is 1. The third kappa shape index (κ3) is 5.52. The van der Waals surface area contributed by atoms with Crippen molar-refractivity contribution in [3.63, 3.8) is 0 Å². The summed E-state index contributed by atoms with van der Waals surface area (Å²) in [5, 5.41) is 2.49. The summed E-state index contributed by atoms with van der Waals surface area (Å²) >= 11 is 0. The van der Waals surface area contributed by atoms with Crippen molar-refractivity contribution < 1.29 is 17.6 Å². The number of rotatable bonds is 5. The molecular formula is C22H25FN2O3S. The summed E-state index contributed by atoms with van der Waals surface area (Å²) in [7, 11) is -3.49. The van der Waals surface area contributed by atoms with Crippen LogP contribution in [0, 0.1) is 12.7 Å². The fourth-order valence-electron chi connectivity index (χ4n) is 3.25. The molecule has 1 saturated heterocycles. The lowest BCUT2D eigenvalue weighted by molar-refractivity contribution is -0.111. The second kappa shape index (κ2) is 9.33. The van der Waals surface area contributed by atoms with Crippen LogP contribution in [0.4, 0.5) is 10.1 Å². The van der Waals surface area contributed by atoms with Crippen LogP contribution in [0.3, 0.4) is 0 Å². The van der Waals surface area contributed by atoms with Crippen LogP contribution in [0.25, 0.3) is 6.08 Å². The molecule has 0 aromatic heterocycles. The van der Waals surface area contributed by atoms with Gasteiger partial charge >= 0.3 is 0 Å². The van der Waals surface area contributed by atoms with Crippen LogP contribution in [0.5, 0.6) is 0 Å². The summed E-state index contributed by atoms with van der Waals surface area (Å²) in [4.78, 5) is 12.3. The fraction of sp³-hybridized carbons (Fsp3) is 0.318. The number of carbonyl (C=O) groups excluding carboxylic acids is 1. The number of amides is 1. The van der Waals surface area contributed by atoms with Crippen LogP contribution >= 0.6 is 0 Å². The minimum Gasteiger partial charge on any atom is -0.320 e. The highest BCUT2D eigenvalue weighted by Crippen LogP contribution is 2.21. The number of hydrogen-bond donors (Lipinski definition) is 1. The molecule has 1 heterocycles. The normalized spacial score (nSPS) is 15.9. The highest BCUT2D eigenvalue weighted by atomic mass is 32.2. The van der Waals surface area contributed by atoms with Crippen LogP contribution in [-0.4, -0.2) is 31.7 Å². The Kier molecular flexibility index (Phi) is 6.82. The Morgan fingerprint density at radius 2 is 1.69 bits per heavy atom. The molecule has 0 saturated carbocycles. The molecule has 2 aromatic carbocycles. The van der Waals surface area contributed by atoms with Crippen LogP contribution in [-0.2, 0) is 14.8 Å². The number of anilines is 1. The van der Waals surface area contributed by atoms with Crippen molar-refractivity contribution in [2.24, 2.45) is 0 Å². The Morgan fingerprint density at radius 3 is 2.31 bits per heavy atom. The molecule has 0 radical (unpaired) electrons. The number of sulfonamides is 1. The van der Waals surface area contributed by atoms with Gasteiger partial charge in [0.25, 0.3) is 0 Å². The van der Waals surface area contributed by atoms with E-state index in [0.717, 1.165) is 31.2 Å². The van der Waals surface area contributed by atoms with Gasteiger partial charge in [-0.2, -0.15) is 4.31 Å². The largest absolute Gasteiger partial charge is 0.320 e. The first-order valence-electron chi connectivity index (χ1n) is 9.72. The van der Waals surface area contributed by atoms with E-state index in [1.807, 2.05) is 0 Å². The van der Waals surface area contributed by atoms with Gasteiger partial charge in [0.15, 0.2) is 0 Å². The van der Waals surface area contributed by atoms with Crippen molar-refractivity contribution in [2.45, 2.75) is 37.5 Å². The minimum absolute atomic E-state index is 0.115. The highest BCUT2D eigenvalue weighted by Gasteiger charge is 2.24. The first-order valence-corrected chi connectivity index (χ1v) is 11.2. The summed E-state index contributed by atoms with van der Waals surface area (Å²) in [6.07, 6.45) is 6.74. The second-order valence-electron chi connectivity index (χ2n) is 7.19. The van der Waals surface area contributed by atoms with E-state index in [9.17, 15) is 17.6 Å². The second-order valence-corrected chi connectivity index (χ2v) is 9.13. The molecule has 5 nitrogen and oxygen atoms in total. The lowest BCUT2D eigenvalue weighted by Gasteiger charge is -2.19. The van der Waals surface area contributed by atoms with E-state index >= 15 is 0 Å². The highest BCUT2D eigenvalue weighted by molar-refractivity contribution is 7.89. The van der Waals surface area contributed by atoms with E-state index in [4.69, 9.17) is 0 Å². The van der Waals surface area contributed by atoms with Crippen molar-refractivity contribution in [1.82, 2.24) is 4.31 Å². The molecule has 0 unspecified atom stereocenters. The number of nitrogens with zero attached hydrogens (tertiary/aromatic N) is 1. The van der Waals surface area contributed by atoms with E-state index in [-0.39, 0.29) is 10.6 Å². The Labute approximate surface area is 171 Å². The quantitative estimate of drug-likeness (QED) is 0.737. The molecule has 1 amide bonds. The number of nitrogens with one attached hydrogen (secondary N) is 1. The maximum Gasteiger partial charge on any atom is 0.248 e. The number of benzene rings is 2. The van der Waals surface area contributed by atoms with E-state index < -0.39 is 21.7 Å². The first-order chi connectivity index (χ1) is 13.9. The summed E-state index contributed by atoms with van der Waals surface area (Å²) in [5.41, 5.74) is 1.56. The van der Waals surface area contributed by atoms with Gasteiger partial charge in [-0.3, -0.25) is 4.79 Å². The van der Waals surface area contributed by atoms with E-state index in [2.05, 4.69) is 5.32 Å². The van der Waals surface area contributed by atoms with Gasteiger partial charge in [0.05, 0.1) is 10.6 Å². The molecule has 0 bridgehead atoms. The number of halogens is 1. The van der Waals surface area contributed by atoms with Crippen molar-refractivity contribution in [3.05, 3.63) is 65.5 Å². The van der Waals surface area contributed by atoms with Gasteiger partial charge in [-0.25, -0.2) is 12.8 Å². The molecule has 0 spiro atoms. The van der Waals surface area contributed by atoms with Gasteiger partial charge in [-0.15, -0.1) is 0 Å². The molecule has 2 aromatic rings. The van der Waals surface area contributed by atoms with E-state index in [1.54, 1.807) is 47.6 Å². The van der Waals surface area contributed by atoms with Crippen molar-refractivity contribution in [3.8, 4) is 0 Å². The summed E-state index contributed by atoms with van der Waals surface area (Å²) in [6, 6.07) is 11.0. The molecule has 3 rings (SSSR count). The van der Waals surface area contributed by atoms with Gasteiger partial charge in [-0.1, -0.05) is 31.0 Å². The van der Waals surface area contributed by atoms with E-state index in [0.29, 0.717) is 18.7 Å². The average Bonchev–Trinajstić information content (AvgIpc) is 2.99. The van der Waals surface area contributed by atoms with Gasteiger partial charge in [0.2, 0.25) is 15.9 Å². The SMILES string of the molecule is Cc1ccc(NC(=O)/C=C/c2ccc(S(=O)(=O)N3CCCCCC3)cc2)c(F)c1. The maximum atomic E-state index is 13.8. The average molecular weight is 417 g/mol. The maximum absolute atomic E-state index is 13.8. The van der Waals surface area contributed by atoms with Gasteiger partial charge in [0, 0.05) is 19.2 Å². The number of carbonyl (C=O) groups is 1. The zero-order valence-electron chi connectivity index (χ0n) is 16.4.